The molecule has 1 aromatic rings. The number of unbranched alkanes of at least 4 members (excludes halogenated alkanes) is 3. The number of benzene rings is 1. The average molecular weight is 292 g/mol. The summed E-state index contributed by atoms with van der Waals surface area (Å²) in [6.45, 7) is 6.36. The molecule has 0 amide bonds. The molecule has 1 aromatic carbocycles. The van der Waals surface area contributed by atoms with E-state index in [1.165, 1.54) is 18.4 Å². The Labute approximate surface area is 128 Å². The molecule has 1 saturated heterocycles. The van der Waals surface area contributed by atoms with Gasteiger partial charge in [-0.15, -0.1) is 0 Å². The first-order valence-corrected chi connectivity index (χ1v) is 8.10. The molecule has 2 rings (SSSR count). The summed E-state index contributed by atoms with van der Waals surface area (Å²) in [6.07, 6.45) is 4.64. The van der Waals surface area contributed by atoms with Gasteiger partial charge in [0, 0.05) is 19.6 Å². The summed E-state index contributed by atoms with van der Waals surface area (Å²) < 4.78 is 11.1. The molecule has 2 N–H and O–H groups in total. The quantitative estimate of drug-likeness (QED) is 0.710. The number of nitrogens with two attached hydrogens (primary N) is 1. The van der Waals surface area contributed by atoms with Crippen LogP contribution in [0.2, 0.25) is 0 Å². The van der Waals surface area contributed by atoms with Crippen molar-refractivity contribution in [3.63, 3.8) is 0 Å². The Kier molecular flexibility index (Phi) is 7.57. The van der Waals surface area contributed by atoms with Crippen molar-refractivity contribution in [3.05, 3.63) is 29.8 Å². The standard InChI is InChI=1S/C17H28N2O2/c18-9-3-1-2-4-12-21-17-7-5-16(6-8-17)15-19-10-13-20-14-11-19/h5-8H,1-4,9-15,18H2. The molecular weight excluding hydrogens is 264 g/mol. The fraction of sp³-hybridized carbons (Fsp3) is 0.647. The van der Waals surface area contributed by atoms with Crippen molar-refractivity contribution in [3.8, 4) is 5.75 Å². The van der Waals surface area contributed by atoms with Gasteiger partial charge in [-0.1, -0.05) is 25.0 Å². The van der Waals surface area contributed by atoms with Crippen LogP contribution in [0.15, 0.2) is 24.3 Å². The summed E-state index contributed by atoms with van der Waals surface area (Å²) in [5, 5.41) is 0. The number of ether oxygens (including phenoxy) is 2. The highest BCUT2D eigenvalue weighted by Crippen LogP contribution is 2.15. The van der Waals surface area contributed by atoms with Crippen LogP contribution < -0.4 is 10.5 Å². The monoisotopic (exact) mass is 292 g/mol. The molecule has 0 unspecified atom stereocenters. The van der Waals surface area contributed by atoms with E-state index in [2.05, 4.69) is 29.2 Å². The SMILES string of the molecule is NCCCCCCOc1ccc(CN2CCOCC2)cc1. The smallest absolute Gasteiger partial charge is 0.119 e. The summed E-state index contributed by atoms with van der Waals surface area (Å²) in [5.41, 5.74) is 6.81. The third-order valence-corrected chi connectivity index (χ3v) is 3.80. The number of rotatable bonds is 9. The Balaban J connectivity index is 1.64. The van der Waals surface area contributed by atoms with Crippen LogP contribution in [-0.2, 0) is 11.3 Å². The van der Waals surface area contributed by atoms with Crippen molar-refractivity contribution >= 4 is 0 Å². The predicted molar refractivity (Wildman–Crippen MR) is 85.6 cm³/mol. The molecule has 0 aliphatic carbocycles. The highest BCUT2D eigenvalue weighted by molar-refractivity contribution is 5.27. The Hall–Kier alpha value is -1.10. The number of nitrogens with zero attached hydrogens (tertiary/aromatic N) is 1. The molecule has 1 heterocycles. The fourth-order valence-corrected chi connectivity index (χ4v) is 2.50. The molecule has 118 valence electrons. The molecule has 0 aromatic heterocycles. The number of hydrogen-bond donors (Lipinski definition) is 1. The van der Waals surface area contributed by atoms with E-state index < -0.39 is 0 Å². The predicted octanol–water partition coefficient (Wildman–Crippen LogP) is 2.42. The minimum atomic E-state index is 0.797. The maximum atomic E-state index is 5.77. The second-order valence-electron chi connectivity index (χ2n) is 5.58. The summed E-state index contributed by atoms with van der Waals surface area (Å²) in [6, 6.07) is 8.49. The molecule has 4 heteroatoms. The second kappa shape index (κ2) is 9.77. The zero-order valence-corrected chi connectivity index (χ0v) is 12.9. The first-order chi connectivity index (χ1) is 10.4. The van der Waals surface area contributed by atoms with Crippen molar-refractivity contribution in [1.29, 1.82) is 0 Å². The maximum Gasteiger partial charge on any atom is 0.119 e. The van der Waals surface area contributed by atoms with E-state index >= 15 is 0 Å². The van der Waals surface area contributed by atoms with E-state index in [0.29, 0.717) is 0 Å². The lowest BCUT2D eigenvalue weighted by atomic mass is 10.2. The van der Waals surface area contributed by atoms with Gasteiger partial charge in [-0.25, -0.2) is 0 Å². The van der Waals surface area contributed by atoms with Crippen molar-refractivity contribution < 1.29 is 9.47 Å². The molecule has 0 bridgehead atoms. The molecule has 0 saturated carbocycles. The van der Waals surface area contributed by atoms with Gasteiger partial charge in [0.2, 0.25) is 0 Å². The topological polar surface area (TPSA) is 47.7 Å². The van der Waals surface area contributed by atoms with E-state index in [1.807, 2.05) is 0 Å². The van der Waals surface area contributed by atoms with Gasteiger partial charge in [0.1, 0.15) is 5.75 Å². The van der Waals surface area contributed by atoms with Crippen LogP contribution >= 0.6 is 0 Å². The Morgan fingerprint density at radius 3 is 2.43 bits per heavy atom. The van der Waals surface area contributed by atoms with Gasteiger partial charge in [-0.3, -0.25) is 4.90 Å². The van der Waals surface area contributed by atoms with Gasteiger partial charge >= 0.3 is 0 Å². The Morgan fingerprint density at radius 1 is 1.00 bits per heavy atom. The highest BCUT2D eigenvalue weighted by atomic mass is 16.5. The van der Waals surface area contributed by atoms with Gasteiger partial charge in [-0.05, 0) is 37.1 Å². The van der Waals surface area contributed by atoms with Gasteiger partial charge in [-0.2, -0.15) is 0 Å². The fourth-order valence-electron chi connectivity index (χ4n) is 2.50. The summed E-state index contributed by atoms with van der Waals surface area (Å²) >= 11 is 0. The van der Waals surface area contributed by atoms with Crippen LogP contribution in [0.3, 0.4) is 0 Å². The lowest BCUT2D eigenvalue weighted by Crippen LogP contribution is -2.35. The Bertz CT molecular complexity index is 375. The molecule has 1 aliphatic heterocycles. The molecule has 1 fully saturated rings. The number of hydrogen-bond acceptors (Lipinski definition) is 4. The van der Waals surface area contributed by atoms with Crippen LogP contribution in [-0.4, -0.2) is 44.4 Å². The average Bonchev–Trinajstić information content (AvgIpc) is 2.53. The zero-order chi connectivity index (χ0) is 14.8. The lowest BCUT2D eigenvalue weighted by molar-refractivity contribution is 0.0342. The van der Waals surface area contributed by atoms with Crippen molar-refractivity contribution in [2.24, 2.45) is 5.73 Å². The first kappa shape index (κ1) is 16.3. The number of morpholine rings is 1. The van der Waals surface area contributed by atoms with E-state index in [0.717, 1.165) is 64.6 Å². The van der Waals surface area contributed by atoms with E-state index in [4.69, 9.17) is 15.2 Å². The van der Waals surface area contributed by atoms with Gasteiger partial charge in [0.05, 0.1) is 19.8 Å². The second-order valence-corrected chi connectivity index (χ2v) is 5.58. The maximum absolute atomic E-state index is 5.77. The van der Waals surface area contributed by atoms with Gasteiger partial charge in [0.15, 0.2) is 0 Å². The van der Waals surface area contributed by atoms with Crippen LogP contribution in [0.1, 0.15) is 31.2 Å². The van der Waals surface area contributed by atoms with Crippen LogP contribution in [0.5, 0.6) is 5.75 Å². The summed E-state index contributed by atoms with van der Waals surface area (Å²) in [7, 11) is 0. The highest BCUT2D eigenvalue weighted by Gasteiger charge is 2.10. The van der Waals surface area contributed by atoms with Crippen molar-refractivity contribution in [2.75, 3.05) is 39.5 Å². The molecule has 21 heavy (non-hydrogen) atoms. The molecule has 1 aliphatic rings. The van der Waals surface area contributed by atoms with Crippen LogP contribution in [0, 0.1) is 0 Å². The van der Waals surface area contributed by atoms with Gasteiger partial charge in [0.25, 0.3) is 0 Å². The van der Waals surface area contributed by atoms with Crippen LogP contribution in [0.25, 0.3) is 0 Å². The third-order valence-electron chi connectivity index (χ3n) is 3.80. The zero-order valence-electron chi connectivity index (χ0n) is 12.9. The lowest BCUT2D eigenvalue weighted by Gasteiger charge is -2.26. The molecule has 0 atom stereocenters. The normalized spacial score (nSPS) is 16.0. The summed E-state index contributed by atoms with van der Waals surface area (Å²) in [5.74, 6) is 0.972. The summed E-state index contributed by atoms with van der Waals surface area (Å²) in [4.78, 5) is 2.43. The minimum Gasteiger partial charge on any atom is -0.494 e. The van der Waals surface area contributed by atoms with Gasteiger partial charge < -0.3 is 15.2 Å². The van der Waals surface area contributed by atoms with E-state index in [-0.39, 0.29) is 0 Å². The third kappa shape index (κ3) is 6.46. The van der Waals surface area contributed by atoms with Crippen molar-refractivity contribution in [1.82, 2.24) is 4.90 Å². The molecular formula is C17H28N2O2. The Morgan fingerprint density at radius 2 is 1.71 bits per heavy atom. The molecule has 4 nitrogen and oxygen atoms in total. The molecule has 0 radical (unpaired) electrons. The van der Waals surface area contributed by atoms with E-state index in [9.17, 15) is 0 Å². The minimum absolute atomic E-state index is 0.797. The molecule has 0 spiro atoms. The van der Waals surface area contributed by atoms with E-state index in [1.54, 1.807) is 0 Å². The van der Waals surface area contributed by atoms with Crippen molar-refractivity contribution in [2.45, 2.75) is 32.2 Å². The van der Waals surface area contributed by atoms with Crippen LogP contribution in [0.4, 0.5) is 0 Å². The first-order valence-electron chi connectivity index (χ1n) is 8.10. The largest absolute Gasteiger partial charge is 0.494 e.